The van der Waals surface area contributed by atoms with Crippen molar-refractivity contribution in [1.29, 1.82) is 0 Å². The van der Waals surface area contributed by atoms with Crippen molar-refractivity contribution in [3.05, 3.63) is 52.5 Å². The summed E-state index contributed by atoms with van der Waals surface area (Å²) in [7, 11) is 3.12. The maximum absolute atomic E-state index is 11.8. The summed E-state index contributed by atoms with van der Waals surface area (Å²) in [5.74, 6) is 1.43. The van der Waals surface area contributed by atoms with Crippen LogP contribution in [-0.4, -0.2) is 32.9 Å². The lowest BCUT2D eigenvalue weighted by Crippen LogP contribution is -2.24. The Morgan fingerprint density at radius 1 is 1.12 bits per heavy atom. The molecule has 2 rings (SSSR count). The molecule has 2 aromatic carbocycles. The number of nitrogens with one attached hydrogen (secondary N) is 1. The smallest absolute Gasteiger partial charge is 0.277 e. The topological polar surface area (TPSA) is 69.2 Å². The summed E-state index contributed by atoms with van der Waals surface area (Å²) in [6.07, 6.45) is 1.51. The number of hydrogen-bond donors (Lipinski definition) is 1. The molecule has 0 saturated heterocycles. The standard InChI is InChI=1S/C18H19ClN2O4/c1-12-8-14(19)5-7-15(12)25-11-18(22)21-20-10-13-4-6-16(23-2)17(9-13)24-3/h4-10H,11H2,1-3H3,(H,21,22)/b20-10-. The normalized spacial score (nSPS) is 10.6. The predicted molar refractivity (Wildman–Crippen MR) is 97.0 cm³/mol. The molecule has 0 aromatic heterocycles. The Morgan fingerprint density at radius 3 is 2.52 bits per heavy atom. The lowest BCUT2D eigenvalue weighted by atomic mass is 10.2. The third kappa shape index (κ3) is 5.39. The summed E-state index contributed by atoms with van der Waals surface area (Å²) in [5, 5.41) is 4.52. The first-order valence-electron chi connectivity index (χ1n) is 7.46. The molecule has 7 heteroatoms. The van der Waals surface area contributed by atoms with Gasteiger partial charge in [0.15, 0.2) is 18.1 Å². The predicted octanol–water partition coefficient (Wildman–Crippen LogP) is 3.19. The average Bonchev–Trinajstić information content (AvgIpc) is 2.60. The van der Waals surface area contributed by atoms with Gasteiger partial charge >= 0.3 is 0 Å². The molecule has 0 atom stereocenters. The molecule has 0 aliphatic rings. The second-order valence-electron chi connectivity index (χ2n) is 5.11. The zero-order chi connectivity index (χ0) is 18.2. The van der Waals surface area contributed by atoms with Crippen LogP contribution in [0, 0.1) is 6.92 Å². The number of hydrazone groups is 1. The van der Waals surface area contributed by atoms with Crippen molar-refractivity contribution in [3.63, 3.8) is 0 Å². The van der Waals surface area contributed by atoms with Crippen LogP contribution in [0.15, 0.2) is 41.5 Å². The van der Waals surface area contributed by atoms with Gasteiger partial charge in [0.05, 0.1) is 20.4 Å². The molecule has 0 spiro atoms. The highest BCUT2D eigenvalue weighted by Gasteiger charge is 2.05. The third-order valence-corrected chi connectivity index (χ3v) is 3.54. The average molecular weight is 363 g/mol. The molecule has 0 aliphatic carbocycles. The molecule has 0 saturated carbocycles. The molecule has 0 aliphatic heterocycles. The molecule has 0 fully saturated rings. The van der Waals surface area contributed by atoms with E-state index in [4.69, 9.17) is 25.8 Å². The highest BCUT2D eigenvalue weighted by atomic mass is 35.5. The monoisotopic (exact) mass is 362 g/mol. The number of benzene rings is 2. The number of aryl methyl sites for hydroxylation is 1. The highest BCUT2D eigenvalue weighted by molar-refractivity contribution is 6.30. The van der Waals surface area contributed by atoms with Crippen molar-refractivity contribution in [3.8, 4) is 17.2 Å². The minimum Gasteiger partial charge on any atom is -0.493 e. The molecule has 25 heavy (non-hydrogen) atoms. The van der Waals surface area contributed by atoms with Crippen molar-refractivity contribution in [1.82, 2.24) is 5.43 Å². The molecule has 0 unspecified atom stereocenters. The SMILES string of the molecule is COc1ccc(/C=N\NC(=O)COc2ccc(Cl)cc2C)cc1OC. The molecule has 0 heterocycles. The van der Waals surface area contributed by atoms with E-state index in [9.17, 15) is 4.79 Å². The fourth-order valence-corrected chi connectivity index (χ4v) is 2.29. The van der Waals surface area contributed by atoms with E-state index < -0.39 is 0 Å². The highest BCUT2D eigenvalue weighted by Crippen LogP contribution is 2.26. The van der Waals surface area contributed by atoms with E-state index in [1.54, 1.807) is 50.6 Å². The van der Waals surface area contributed by atoms with Crippen LogP contribution in [0.4, 0.5) is 0 Å². The van der Waals surface area contributed by atoms with Gasteiger partial charge in [-0.1, -0.05) is 11.6 Å². The van der Waals surface area contributed by atoms with Crippen LogP contribution in [0.2, 0.25) is 5.02 Å². The van der Waals surface area contributed by atoms with Crippen LogP contribution < -0.4 is 19.6 Å². The first kappa shape index (κ1) is 18.6. The lowest BCUT2D eigenvalue weighted by Gasteiger charge is -2.08. The third-order valence-electron chi connectivity index (χ3n) is 3.31. The van der Waals surface area contributed by atoms with Crippen LogP contribution in [0.3, 0.4) is 0 Å². The van der Waals surface area contributed by atoms with E-state index in [2.05, 4.69) is 10.5 Å². The van der Waals surface area contributed by atoms with Gasteiger partial charge in [-0.05, 0) is 54.4 Å². The van der Waals surface area contributed by atoms with Crippen LogP contribution in [0.5, 0.6) is 17.2 Å². The van der Waals surface area contributed by atoms with Gasteiger partial charge in [0.25, 0.3) is 5.91 Å². The van der Waals surface area contributed by atoms with Gasteiger partial charge in [0.2, 0.25) is 0 Å². The first-order chi connectivity index (χ1) is 12.0. The summed E-state index contributed by atoms with van der Waals surface area (Å²) in [6.45, 7) is 1.71. The fraction of sp³-hybridized carbons (Fsp3) is 0.222. The minimum atomic E-state index is -0.369. The van der Waals surface area contributed by atoms with Crippen molar-refractivity contribution < 1.29 is 19.0 Å². The zero-order valence-electron chi connectivity index (χ0n) is 14.2. The van der Waals surface area contributed by atoms with Crippen LogP contribution in [0.1, 0.15) is 11.1 Å². The minimum absolute atomic E-state index is 0.147. The van der Waals surface area contributed by atoms with Crippen molar-refractivity contribution in [2.75, 3.05) is 20.8 Å². The Labute approximate surface area is 151 Å². The lowest BCUT2D eigenvalue weighted by molar-refractivity contribution is -0.123. The second kappa shape index (κ2) is 8.94. The summed E-state index contributed by atoms with van der Waals surface area (Å²) in [5.41, 5.74) is 4.02. The van der Waals surface area contributed by atoms with E-state index in [0.29, 0.717) is 22.3 Å². The molecule has 0 radical (unpaired) electrons. The van der Waals surface area contributed by atoms with E-state index in [-0.39, 0.29) is 12.5 Å². The molecule has 6 nitrogen and oxygen atoms in total. The molecule has 0 bridgehead atoms. The number of methoxy groups -OCH3 is 2. The summed E-state index contributed by atoms with van der Waals surface area (Å²) in [6, 6.07) is 10.5. The number of halogens is 1. The molecule has 132 valence electrons. The van der Waals surface area contributed by atoms with Gasteiger partial charge in [-0.2, -0.15) is 5.10 Å². The quantitative estimate of drug-likeness (QED) is 0.606. The number of amides is 1. The maximum atomic E-state index is 11.8. The Bertz CT molecular complexity index is 778. The fourth-order valence-electron chi connectivity index (χ4n) is 2.06. The largest absolute Gasteiger partial charge is 0.493 e. The molecular weight excluding hydrogens is 344 g/mol. The Balaban J connectivity index is 1.88. The van der Waals surface area contributed by atoms with Crippen LogP contribution in [-0.2, 0) is 4.79 Å². The number of carbonyl (C=O) groups is 1. The first-order valence-corrected chi connectivity index (χ1v) is 7.84. The van der Waals surface area contributed by atoms with Gasteiger partial charge in [-0.25, -0.2) is 5.43 Å². The van der Waals surface area contributed by atoms with Gasteiger partial charge < -0.3 is 14.2 Å². The number of rotatable bonds is 7. The van der Waals surface area contributed by atoms with E-state index in [1.165, 1.54) is 6.21 Å². The van der Waals surface area contributed by atoms with Crippen molar-refractivity contribution >= 4 is 23.7 Å². The molecule has 1 amide bonds. The summed E-state index contributed by atoms with van der Waals surface area (Å²) >= 11 is 5.88. The number of hydrogen-bond acceptors (Lipinski definition) is 5. The molecular formula is C18H19ClN2O4. The Morgan fingerprint density at radius 2 is 1.84 bits per heavy atom. The van der Waals surface area contributed by atoms with Crippen molar-refractivity contribution in [2.24, 2.45) is 5.10 Å². The summed E-state index contributed by atoms with van der Waals surface area (Å²) in [4.78, 5) is 11.8. The van der Waals surface area contributed by atoms with Crippen molar-refractivity contribution in [2.45, 2.75) is 6.92 Å². The maximum Gasteiger partial charge on any atom is 0.277 e. The Kier molecular flexibility index (Phi) is 6.65. The van der Waals surface area contributed by atoms with E-state index in [0.717, 1.165) is 11.1 Å². The number of ether oxygens (including phenoxy) is 3. The summed E-state index contributed by atoms with van der Waals surface area (Å²) < 4.78 is 15.8. The zero-order valence-corrected chi connectivity index (χ0v) is 15.0. The number of nitrogens with zero attached hydrogens (tertiary/aromatic N) is 1. The van der Waals surface area contributed by atoms with Gasteiger partial charge in [-0.15, -0.1) is 0 Å². The van der Waals surface area contributed by atoms with Crippen LogP contribution in [0.25, 0.3) is 0 Å². The van der Waals surface area contributed by atoms with E-state index in [1.807, 2.05) is 6.92 Å². The van der Waals surface area contributed by atoms with E-state index >= 15 is 0 Å². The number of carbonyl (C=O) groups excluding carboxylic acids is 1. The second-order valence-corrected chi connectivity index (χ2v) is 5.54. The van der Waals surface area contributed by atoms with Gasteiger partial charge in [0, 0.05) is 5.02 Å². The van der Waals surface area contributed by atoms with Gasteiger partial charge in [-0.3, -0.25) is 4.79 Å². The molecule has 1 N–H and O–H groups in total. The van der Waals surface area contributed by atoms with Gasteiger partial charge in [0.1, 0.15) is 5.75 Å². The van der Waals surface area contributed by atoms with Crippen LogP contribution >= 0.6 is 11.6 Å². The Hall–Kier alpha value is -2.73. The molecule has 2 aromatic rings.